The Bertz CT molecular complexity index is 677. The van der Waals surface area contributed by atoms with Crippen molar-refractivity contribution in [2.45, 2.75) is 38.5 Å². The Balaban J connectivity index is 1.49. The third kappa shape index (κ3) is 4.57. The molecule has 1 aliphatic heterocycles. The van der Waals surface area contributed by atoms with Crippen LogP contribution in [0.25, 0.3) is 10.8 Å². The number of hydrogen-bond acceptors (Lipinski definition) is 2. The summed E-state index contributed by atoms with van der Waals surface area (Å²) in [6, 6.07) is 15.2. The van der Waals surface area contributed by atoms with Crippen molar-refractivity contribution in [2.24, 2.45) is 5.92 Å². The van der Waals surface area contributed by atoms with E-state index < -0.39 is 5.97 Å². The Morgan fingerprint density at radius 2 is 2.00 bits per heavy atom. The molecule has 128 valence electrons. The lowest BCUT2D eigenvalue weighted by atomic mass is 9.93. The van der Waals surface area contributed by atoms with E-state index in [2.05, 4.69) is 47.4 Å². The third-order valence-electron chi connectivity index (χ3n) is 5.17. The molecular weight excluding hydrogens is 298 g/mol. The van der Waals surface area contributed by atoms with E-state index >= 15 is 0 Å². The molecule has 1 heterocycles. The van der Waals surface area contributed by atoms with E-state index in [1.807, 2.05) is 0 Å². The standard InChI is InChI=1S/C21H27NO2/c23-21(24)13-12-17-6-4-14-22(16-17)15-5-10-19-9-3-8-18-7-1-2-11-20(18)19/h1-3,7-9,11,17H,4-6,10,12-16H2,(H,23,24). The minimum absolute atomic E-state index is 0.314. The Morgan fingerprint density at radius 1 is 1.17 bits per heavy atom. The molecule has 0 radical (unpaired) electrons. The van der Waals surface area contributed by atoms with Crippen molar-refractivity contribution < 1.29 is 9.90 Å². The highest BCUT2D eigenvalue weighted by Gasteiger charge is 2.20. The van der Waals surface area contributed by atoms with Gasteiger partial charge in [0.15, 0.2) is 0 Å². The van der Waals surface area contributed by atoms with E-state index in [-0.39, 0.29) is 0 Å². The van der Waals surface area contributed by atoms with Gasteiger partial charge >= 0.3 is 5.97 Å². The molecule has 2 aromatic rings. The van der Waals surface area contributed by atoms with Crippen LogP contribution < -0.4 is 0 Å². The van der Waals surface area contributed by atoms with Crippen molar-refractivity contribution in [2.75, 3.05) is 19.6 Å². The Kier molecular flexibility index (Phi) is 5.86. The van der Waals surface area contributed by atoms with Crippen molar-refractivity contribution in [1.29, 1.82) is 0 Å². The SMILES string of the molecule is O=C(O)CCC1CCCN(CCCc2cccc3ccccc23)C1. The highest BCUT2D eigenvalue weighted by molar-refractivity contribution is 5.85. The summed E-state index contributed by atoms with van der Waals surface area (Å²) in [5.41, 5.74) is 1.44. The molecule has 0 spiro atoms. The number of hydrogen-bond donors (Lipinski definition) is 1. The zero-order valence-corrected chi connectivity index (χ0v) is 14.3. The second-order valence-electron chi connectivity index (χ2n) is 6.98. The first-order valence-corrected chi connectivity index (χ1v) is 9.13. The van der Waals surface area contributed by atoms with Gasteiger partial charge in [0, 0.05) is 13.0 Å². The Labute approximate surface area is 144 Å². The fraction of sp³-hybridized carbons (Fsp3) is 0.476. The van der Waals surface area contributed by atoms with Gasteiger partial charge in [0.25, 0.3) is 0 Å². The lowest BCUT2D eigenvalue weighted by molar-refractivity contribution is -0.137. The van der Waals surface area contributed by atoms with Crippen LogP contribution in [-0.4, -0.2) is 35.6 Å². The van der Waals surface area contributed by atoms with Crippen LogP contribution in [0.2, 0.25) is 0 Å². The molecule has 3 heteroatoms. The summed E-state index contributed by atoms with van der Waals surface area (Å²) in [6.07, 6.45) is 5.81. The van der Waals surface area contributed by atoms with Crippen LogP contribution in [0.1, 0.15) is 37.7 Å². The van der Waals surface area contributed by atoms with Gasteiger partial charge < -0.3 is 10.0 Å². The molecule has 0 aromatic heterocycles. The Hall–Kier alpha value is -1.87. The van der Waals surface area contributed by atoms with Gasteiger partial charge in [0.1, 0.15) is 0 Å². The molecule has 3 nitrogen and oxygen atoms in total. The summed E-state index contributed by atoms with van der Waals surface area (Å²) in [5, 5.41) is 11.5. The van der Waals surface area contributed by atoms with Gasteiger partial charge in [0.05, 0.1) is 0 Å². The van der Waals surface area contributed by atoms with Crippen LogP contribution in [-0.2, 0) is 11.2 Å². The topological polar surface area (TPSA) is 40.5 Å². The van der Waals surface area contributed by atoms with Gasteiger partial charge in [-0.3, -0.25) is 4.79 Å². The number of nitrogens with zero attached hydrogens (tertiary/aromatic N) is 1. The van der Waals surface area contributed by atoms with E-state index in [9.17, 15) is 4.79 Å². The van der Waals surface area contributed by atoms with Gasteiger partial charge in [-0.2, -0.15) is 0 Å². The van der Waals surface area contributed by atoms with Crippen LogP contribution in [0, 0.1) is 5.92 Å². The fourth-order valence-electron chi connectivity index (χ4n) is 3.92. The highest BCUT2D eigenvalue weighted by atomic mass is 16.4. The maximum absolute atomic E-state index is 10.7. The first kappa shape index (κ1) is 17.0. The zero-order chi connectivity index (χ0) is 16.8. The van der Waals surface area contributed by atoms with Crippen molar-refractivity contribution >= 4 is 16.7 Å². The molecule has 0 saturated carbocycles. The normalized spacial score (nSPS) is 18.8. The molecule has 3 rings (SSSR count). The lowest BCUT2D eigenvalue weighted by Crippen LogP contribution is -2.36. The monoisotopic (exact) mass is 325 g/mol. The highest BCUT2D eigenvalue weighted by Crippen LogP contribution is 2.23. The van der Waals surface area contributed by atoms with Gasteiger partial charge in [-0.15, -0.1) is 0 Å². The predicted molar refractivity (Wildman–Crippen MR) is 98.3 cm³/mol. The summed E-state index contributed by atoms with van der Waals surface area (Å²) < 4.78 is 0. The average Bonchev–Trinajstić information content (AvgIpc) is 2.61. The van der Waals surface area contributed by atoms with Crippen LogP contribution in [0.3, 0.4) is 0 Å². The number of carboxylic acid groups (broad SMARTS) is 1. The van der Waals surface area contributed by atoms with E-state index in [0.717, 1.165) is 25.9 Å². The molecule has 2 aromatic carbocycles. The summed E-state index contributed by atoms with van der Waals surface area (Å²) in [7, 11) is 0. The van der Waals surface area contributed by atoms with E-state index in [0.29, 0.717) is 12.3 Å². The lowest BCUT2D eigenvalue weighted by Gasteiger charge is -2.32. The van der Waals surface area contributed by atoms with Crippen molar-refractivity contribution in [1.82, 2.24) is 4.90 Å². The Morgan fingerprint density at radius 3 is 2.88 bits per heavy atom. The van der Waals surface area contributed by atoms with Crippen LogP contribution >= 0.6 is 0 Å². The third-order valence-corrected chi connectivity index (χ3v) is 5.17. The quantitative estimate of drug-likeness (QED) is 0.823. The number of rotatable bonds is 7. The van der Waals surface area contributed by atoms with E-state index in [1.165, 1.54) is 42.1 Å². The predicted octanol–water partition coefficient (Wildman–Crippen LogP) is 4.35. The fourth-order valence-corrected chi connectivity index (χ4v) is 3.92. The van der Waals surface area contributed by atoms with Crippen molar-refractivity contribution in [3.8, 4) is 0 Å². The first-order chi connectivity index (χ1) is 11.7. The van der Waals surface area contributed by atoms with Gasteiger partial charge in [-0.05, 0) is 67.4 Å². The number of aryl methyl sites for hydroxylation is 1. The molecule has 1 saturated heterocycles. The number of fused-ring (bicyclic) bond motifs is 1. The number of aliphatic carboxylic acids is 1. The minimum atomic E-state index is -0.664. The molecule has 0 bridgehead atoms. The van der Waals surface area contributed by atoms with Gasteiger partial charge in [-0.25, -0.2) is 0 Å². The molecule has 0 aliphatic carbocycles. The molecule has 1 unspecified atom stereocenters. The number of carboxylic acids is 1. The van der Waals surface area contributed by atoms with Crippen LogP contribution in [0.5, 0.6) is 0 Å². The van der Waals surface area contributed by atoms with E-state index in [4.69, 9.17) is 5.11 Å². The summed E-state index contributed by atoms with van der Waals surface area (Å²) >= 11 is 0. The largest absolute Gasteiger partial charge is 0.481 e. The van der Waals surface area contributed by atoms with Crippen molar-refractivity contribution in [3.05, 3.63) is 48.0 Å². The molecule has 1 atom stereocenters. The average molecular weight is 325 g/mol. The number of benzene rings is 2. The van der Waals surface area contributed by atoms with Gasteiger partial charge in [0.2, 0.25) is 0 Å². The number of likely N-dealkylation sites (tertiary alicyclic amines) is 1. The molecule has 1 fully saturated rings. The molecule has 1 N–H and O–H groups in total. The van der Waals surface area contributed by atoms with Gasteiger partial charge in [-0.1, -0.05) is 42.5 Å². The van der Waals surface area contributed by atoms with Crippen LogP contribution in [0.4, 0.5) is 0 Å². The second kappa shape index (κ2) is 8.29. The molecule has 24 heavy (non-hydrogen) atoms. The molecule has 1 aliphatic rings. The maximum atomic E-state index is 10.7. The molecule has 0 amide bonds. The minimum Gasteiger partial charge on any atom is -0.481 e. The summed E-state index contributed by atoms with van der Waals surface area (Å²) in [5.74, 6) is -0.101. The van der Waals surface area contributed by atoms with E-state index in [1.54, 1.807) is 0 Å². The number of carbonyl (C=O) groups is 1. The van der Waals surface area contributed by atoms with Crippen LogP contribution in [0.15, 0.2) is 42.5 Å². The molecular formula is C21H27NO2. The number of piperidine rings is 1. The smallest absolute Gasteiger partial charge is 0.303 e. The summed E-state index contributed by atoms with van der Waals surface area (Å²) in [4.78, 5) is 13.3. The summed E-state index contributed by atoms with van der Waals surface area (Å²) in [6.45, 7) is 3.36. The first-order valence-electron chi connectivity index (χ1n) is 9.13. The maximum Gasteiger partial charge on any atom is 0.303 e. The second-order valence-corrected chi connectivity index (χ2v) is 6.98. The zero-order valence-electron chi connectivity index (χ0n) is 14.3. The van der Waals surface area contributed by atoms with Crippen molar-refractivity contribution in [3.63, 3.8) is 0 Å².